The van der Waals surface area contributed by atoms with Crippen LogP contribution in [0.4, 0.5) is 15.8 Å². The topological polar surface area (TPSA) is 165 Å². The fourth-order valence-corrected chi connectivity index (χ4v) is 2.13. The Balaban J connectivity index is 2.29. The van der Waals surface area contributed by atoms with Gasteiger partial charge in [0.2, 0.25) is 12.0 Å². The number of aliphatic hydroxyl groups is 3. The van der Waals surface area contributed by atoms with Gasteiger partial charge >= 0.3 is 5.69 Å². The Morgan fingerprint density at radius 3 is 2.42 bits per heavy atom. The Bertz CT molecular complexity index is 641. The molecule has 0 spiro atoms. The monoisotopic (exact) mass is 348 g/mol. The lowest BCUT2D eigenvalue weighted by molar-refractivity contribution is -0.395. The number of ether oxygens (including phenoxy) is 2. The van der Waals surface area contributed by atoms with Gasteiger partial charge in [0.05, 0.1) is 22.5 Å². The van der Waals surface area contributed by atoms with Crippen LogP contribution in [0.1, 0.15) is 0 Å². The molecule has 0 bridgehead atoms. The number of nitrogens with zero attached hydrogens (tertiary/aromatic N) is 2. The van der Waals surface area contributed by atoms with Crippen LogP contribution < -0.4 is 4.74 Å². The van der Waals surface area contributed by atoms with Gasteiger partial charge in [0.15, 0.2) is 6.17 Å². The third-order valence-electron chi connectivity index (χ3n) is 3.40. The van der Waals surface area contributed by atoms with Crippen molar-refractivity contribution in [2.75, 3.05) is 6.61 Å². The average Bonchev–Trinajstić information content (AvgIpc) is 2.55. The molecule has 0 amide bonds. The first kappa shape index (κ1) is 17.9. The molecular formula is C12H13FN2O9. The second-order valence-corrected chi connectivity index (χ2v) is 4.94. The van der Waals surface area contributed by atoms with E-state index in [9.17, 15) is 34.8 Å². The van der Waals surface area contributed by atoms with Crippen LogP contribution >= 0.6 is 0 Å². The summed E-state index contributed by atoms with van der Waals surface area (Å²) in [4.78, 5) is 19.8. The second-order valence-electron chi connectivity index (χ2n) is 4.94. The lowest BCUT2D eigenvalue weighted by atomic mass is 10.0. The standard InChI is InChI=1S/C12H13FN2O9/c13-9-11(18)10(17)8(4-16)24-12(9)23-7-2-1-5(14(19)20)3-6(7)15(21)22/h1-3,8-12,16-18H,4H2/t8-,9-,10+,11-,12-/m1/s1. The molecular weight excluding hydrogens is 335 g/mol. The minimum atomic E-state index is -2.27. The highest BCUT2D eigenvalue weighted by Gasteiger charge is 2.46. The Morgan fingerprint density at radius 2 is 1.88 bits per heavy atom. The molecule has 12 heteroatoms. The number of hydrogen-bond donors (Lipinski definition) is 3. The number of aliphatic hydroxyl groups excluding tert-OH is 3. The Morgan fingerprint density at radius 1 is 1.21 bits per heavy atom. The first-order valence-corrected chi connectivity index (χ1v) is 6.62. The number of non-ortho nitro benzene ring substituents is 1. The molecule has 24 heavy (non-hydrogen) atoms. The molecule has 132 valence electrons. The van der Waals surface area contributed by atoms with Crippen LogP contribution in [0.2, 0.25) is 0 Å². The van der Waals surface area contributed by atoms with Crippen LogP contribution in [0.5, 0.6) is 5.75 Å². The molecule has 1 saturated heterocycles. The molecule has 1 fully saturated rings. The highest BCUT2D eigenvalue weighted by atomic mass is 19.1. The summed E-state index contributed by atoms with van der Waals surface area (Å²) in [6.45, 7) is -0.757. The number of benzene rings is 1. The molecule has 5 atom stereocenters. The summed E-state index contributed by atoms with van der Waals surface area (Å²) in [7, 11) is 0. The minimum absolute atomic E-state index is 0.529. The van der Waals surface area contributed by atoms with Crippen molar-refractivity contribution in [2.45, 2.75) is 30.8 Å². The van der Waals surface area contributed by atoms with Crippen molar-refractivity contribution in [1.82, 2.24) is 0 Å². The van der Waals surface area contributed by atoms with Crippen molar-refractivity contribution in [1.29, 1.82) is 0 Å². The predicted molar refractivity (Wildman–Crippen MR) is 73.0 cm³/mol. The third kappa shape index (κ3) is 3.41. The molecule has 0 saturated carbocycles. The van der Waals surface area contributed by atoms with E-state index in [0.717, 1.165) is 12.1 Å². The van der Waals surface area contributed by atoms with E-state index in [0.29, 0.717) is 6.07 Å². The van der Waals surface area contributed by atoms with Crippen LogP contribution in [0.25, 0.3) is 0 Å². The number of rotatable bonds is 5. The number of nitro benzene ring substituents is 2. The quantitative estimate of drug-likeness (QED) is 0.476. The zero-order valence-corrected chi connectivity index (χ0v) is 11.9. The SMILES string of the molecule is O=[N+]([O-])c1ccc(O[C@@H]2O[C@H](CO)[C@H](O)[C@H](O)[C@H]2F)c([N+](=O)[O-])c1. The number of nitro groups is 2. The van der Waals surface area contributed by atoms with Crippen molar-refractivity contribution in [2.24, 2.45) is 0 Å². The van der Waals surface area contributed by atoms with Gasteiger partial charge in [0.25, 0.3) is 5.69 Å². The summed E-state index contributed by atoms with van der Waals surface area (Å²) < 4.78 is 23.9. The van der Waals surface area contributed by atoms with Gasteiger partial charge in [-0.15, -0.1) is 0 Å². The van der Waals surface area contributed by atoms with Gasteiger partial charge < -0.3 is 24.8 Å². The van der Waals surface area contributed by atoms with Crippen LogP contribution in [-0.4, -0.2) is 62.5 Å². The summed E-state index contributed by atoms with van der Waals surface area (Å²) in [6.07, 6.45) is -9.15. The number of halogens is 1. The summed E-state index contributed by atoms with van der Waals surface area (Å²) in [5.41, 5.74) is -1.37. The highest BCUT2D eigenvalue weighted by Crippen LogP contribution is 2.34. The van der Waals surface area contributed by atoms with Crippen molar-refractivity contribution in [3.05, 3.63) is 38.4 Å². The fraction of sp³-hybridized carbons (Fsp3) is 0.500. The van der Waals surface area contributed by atoms with Crippen LogP contribution in [0.3, 0.4) is 0 Å². The van der Waals surface area contributed by atoms with E-state index in [1.165, 1.54) is 0 Å². The third-order valence-corrected chi connectivity index (χ3v) is 3.40. The normalized spacial score (nSPS) is 29.9. The average molecular weight is 348 g/mol. The summed E-state index contributed by atoms with van der Waals surface area (Å²) >= 11 is 0. The molecule has 0 radical (unpaired) electrons. The molecule has 3 N–H and O–H groups in total. The molecule has 1 aromatic carbocycles. The molecule has 1 aromatic rings. The summed E-state index contributed by atoms with van der Waals surface area (Å²) in [5, 5.41) is 49.8. The van der Waals surface area contributed by atoms with E-state index in [-0.39, 0.29) is 0 Å². The molecule has 1 aliphatic heterocycles. The summed E-state index contributed by atoms with van der Waals surface area (Å²) in [6, 6.07) is 2.42. The van der Waals surface area contributed by atoms with Gasteiger partial charge in [-0.2, -0.15) is 0 Å². The van der Waals surface area contributed by atoms with Gasteiger partial charge in [0.1, 0.15) is 18.3 Å². The number of alkyl halides is 1. The van der Waals surface area contributed by atoms with Crippen LogP contribution in [0.15, 0.2) is 18.2 Å². The zero-order chi connectivity index (χ0) is 18.0. The van der Waals surface area contributed by atoms with E-state index in [4.69, 9.17) is 14.6 Å². The van der Waals surface area contributed by atoms with E-state index < -0.39 is 64.4 Å². The van der Waals surface area contributed by atoms with Crippen LogP contribution in [0, 0.1) is 20.2 Å². The maximum Gasteiger partial charge on any atom is 0.317 e. The highest BCUT2D eigenvalue weighted by molar-refractivity contribution is 5.53. The van der Waals surface area contributed by atoms with Crippen molar-refractivity contribution < 1.29 is 39.0 Å². The predicted octanol–water partition coefficient (Wildman–Crippen LogP) is -0.341. The van der Waals surface area contributed by atoms with Gasteiger partial charge in [-0.05, 0) is 6.07 Å². The fourth-order valence-electron chi connectivity index (χ4n) is 2.13. The summed E-state index contributed by atoms with van der Waals surface area (Å²) in [5.74, 6) is -0.529. The lowest BCUT2D eigenvalue weighted by Crippen LogP contribution is -2.58. The number of hydrogen-bond acceptors (Lipinski definition) is 9. The molecule has 11 nitrogen and oxygen atoms in total. The van der Waals surface area contributed by atoms with E-state index in [2.05, 4.69) is 0 Å². The maximum absolute atomic E-state index is 14.0. The molecule has 1 aliphatic rings. The Kier molecular flexibility index (Phi) is 5.23. The maximum atomic E-state index is 14.0. The molecule has 0 aromatic heterocycles. The Hall–Kier alpha value is -2.41. The lowest BCUT2D eigenvalue weighted by Gasteiger charge is -2.38. The Labute approximate surface area is 133 Å². The first-order chi connectivity index (χ1) is 11.3. The van der Waals surface area contributed by atoms with E-state index in [1.807, 2.05) is 0 Å². The smallest absolute Gasteiger partial charge is 0.317 e. The molecule has 0 aliphatic carbocycles. The minimum Gasteiger partial charge on any atom is -0.454 e. The molecule has 2 rings (SSSR count). The first-order valence-electron chi connectivity index (χ1n) is 6.62. The van der Waals surface area contributed by atoms with Crippen molar-refractivity contribution >= 4 is 11.4 Å². The largest absolute Gasteiger partial charge is 0.454 e. The van der Waals surface area contributed by atoms with Gasteiger partial charge in [-0.3, -0.25) is 20.2 Å². The zero-order valence-electron chi connectivity index (χ0n) is 11.9. The second kappa shape index (κ2) is 7.00. The molecule has 0 unspecified atom stereocenters. The van der Waals surface area contributed by atoms with E-state index >= 15 is 0 Å². The molecule has 1 heterocycles. The van der Waals surface area contributed by atoms with E-state index in [1.54, 1.807) is 0 Å². The van der Waals surface area contributed by atoms with Crippen molar-refractivity contribution in [3.8, 4) is 5.75 Å². The van der Waals surface area contributed by atoms with Crippen molar-refractivity contribution in [3.63, 3.8) is 0 Å². The van der Waals surface area contributed by atoms with Crippen LogP contribution in [-0.2, 0) is 4.74 Å². The van der Waals surface area contributed by atoms with Gasteiger partial charge in [-0.1, -0.05) is 0 Å². The van der Waals surface area contributed by atoms with Gasteiger partial charge in [-0.25, -0.2) is 4.39 Å². The van der Waals surface area contributed by atoms with Gasteiger partial charge in [0, 0.05) is 6.07 Å².